The average molecular weight is 479 g/mol. The number of hydrogen-bond donors (Lipinski definition) is 1. The summed E-state index contributed by atoms with van der Waals surface area (Å²) in [6.45, 7) is 9.93. The molecule has 4 rings (SSSR count). The molecule has 1 amide bonds. The topological polar surface area (TPSA) is 118 Å². The molecule has 1 saturated heterocycles. The van der Waals surface area contributed by atoms with Crippen molar-refractivity contribution in [2.24, 2.45) is 5.92 Å². The highest BCUT2D eigenvalue weighted by atomic mass is 16.5. The summed E-state index contributed by atoms with van der Waals surface area (Å²) in [5.74, 6) is 1.26. The summed E-state index contributed by atoms with van der Waals surface area (Å²) in [5, 5.41) is 4.41. The molecule has 1 atom stereocenters. The largest absolute Gasteiger partial charge is 0.368 e. The Morgan fingerprint density at radius 3 is 2.29 bits per heavy atom. The minimum atomic E-state index is -0.433. The van der Waals surface area contributed by atoms with Crippen LogP contribution in [0.4, 0.5) is 12.0 Å². The fourth-order valence-corrected chi connectivity index (χ4v) is 4.20. The zero-order valence-electron chi connectivity index (χ0n) is 21.1. The highest BCUT2D eigenvalue weighted by Gasteiger charge is 2.38. The first-order valence-electron chi connectivity index (χ1n) is 11.9. The third-order valence-electron chi connectivity index (χ3n) is 7.02. The molecule has 2 N–H and O–H groups in total. The fraction of sp³-hybridized carbons (Fsp3) is 0.480. The average Bonchev–Trinajstić information content (AvgIpc) is 3.35. The maximum Gasteiger partial charge on any atom is 0.324 e. The Morgan fingerprint density at radius 1 is 1.09 bits per heavy atom. The third kappa shape index (κ3) is 5.12. The maximum absolute atomic E-state index is 12.0. The Balaban J connectivity index is 1.50. The van der Waals surface area contributed by atoms with Crippen LogP contribution < -0.4 is 10.6 Å². The van der Waals surface area contributed by atoms with E-state index in [1.54, 1.807) is 31.4 Å². The van der Waals surface area contributed by atoms with Gasteiger partial charge in [0, 0.05) is 58.2 Å². The first-order chi connectivity index (χ1) is 16.7. The SMILES string of the molecule is CC(C)C(C)(c1ccc(-c2cnc(N)nc2)cc1)c1noc(N2CCN(CC(=O)N(C)C)CC2)n1. The lowest BCUT2D eigenvalue weighted by atomic mass is 9.72. The number of rotatable bonds is 7. The number of benzene rings is 1. The molecule has 3 aromatic rings. The molecule has 186 valence electrons. The molecule has 1 aliphatic rings. The molecular formula is C25H34N8O2. The number of nitrogens with two attached hydrogens (primary N) is 1. The van der Waals surface area contributed by atoms with Crippen LogP contribution in [0.3, 0.4) is 0 Å². The summed E-state index contributed by atoms with van der Waals surface area (Å²) in [6.07, 6.45) is 3.45. The van der Waals surface area contributed by atoms with Gasteiger partial charge in [0.05, 0.1) is 12.0 Å². The zero-order chi connectivity index (χ0) is 25.2. The van der Waals surface area contributed by atoms with E-state index in [2.05, 4.69) is 70.0 Å². The van der Waals surface area contributed by atoms with Crippen molar-refractivity contribution in [1.82, 2.24) is 29.9 Å². The lowest BCUT2D eigenvalue weighted by molar-refractivity contribution is -0.129. The van der Waals surface area contributed by atoms with E-state index in [0.29, 0.717) is 18.4 Å². The van der Waals surface area contributed by atoms with Gasteiger partial charge in [-0.1, -0.05) is 43.3 Å². The molecule has 3 heterocycles. The number of likely N-dealkylation sites (N-methyl/N-ethyl adjacent to an activating group) is 1. The molecule has 1 unspecified atom stereocenters. The van der Waals surface area contributed by atoms with E-state index in [-0.39, 0.29) is 17.8 Å². The molecule has 1 aliphatic heterocycles. The first-order valence-corrected chi connectivity index (χ1v) is 11.9. The lowest BCUT2D eigenvalue weighted by Crippen LogP contribution is -2.49. The van der Waals surface area contributed by atoms with Gasteiger partial charge in [-0.05, 0) is 24.0 Å². The fourth-order valence-electron chi connectivity index (χ4n) is 4.20. The van der Waals surface area contributed by atoms with Gasteiger partial charge in [0.1, 0.15) is 0 Å². The van der Waals surface area contributed by atoms with E-state index in [1.807, 2.05) is 0 Å². The van der Waals surface area contributed by atoms with Gasteiger partial charge in [0.15, 0.2) is 5.82 Å². The molecule has 0 spiro atoms. The van der Waals surface area contributed by atoms with Crippen LogP contribution >= 0.6 is 0 Å². The number of aromatic nitrogens is 4. The minimum Gasteiger partial charge on any atom is -0.368 e. The number of anilines is 2. The van der Waals surface area contributed by atoms with E-state index in [1.165, 1.54) is 0 Å². The summed E-state index contributed by atoms with van der Waals surface area (Å²) in [7, 11) is 3.56. The number of carbonyl (C=O) groups excluding carboxylic acids is 1. The van der Waals surface area contributed by atoms with Crippen molar-refractivity contribution >= 4 is 17.9 Å². The standard InChI is InChI=1S/C25H34N8O2/c1-17(2)25(3,20-8-6-18(7-9-20)19-14-27-23(26)28-15-19)22-29-24(35-30-22)33-12-10-32(11-13-33)16-21(34)31(4)5/h6-9,14-15,17H,10-13,16H2,1-5H3,(H2,26,27,28). The Hall–Kier alpha value is -3.53. The quantitative estimate of drug-likeness (QED) is 0.546. The number of carbonyl (C=O) groups is 1. The van der Waals surface area contributed by atoms with Gasteiger partial charge in [-0.2, -0.15) is 4.98 Å². The summed E-state index contributed by atoms with van der Waals surface area (Å²) in [6, 6.07) is 8.84. The maximum atomic E-state index is 12.0. The minimum absolute atomic E-state index is 0.112. The molecule has 2 aromatic heterocycles. The monoisotopic (exact) mass is 478 g/mol. The van der Waals surface area contributed by atoms with E-state index in [4.69, 9.17) is 15.2 Å². The molecule has 35 heavy (non-hydrogen) atoms. The highest BCUT2D eigenvalue weighted by molar-refractivity contribution is 5.77. The summed E-state index contributed by atoms with van der Waals surface area (Å²) in [4.78, 5) is 30.9. The van der Waals surface area contributed by atoms with Crippen molar-refractivity contribution in [3.63, 3.8) is 0 Å². The highest BCUT2D eigenvalue weighted by Crippen LogP contribution is 2.38. The normalized spacial score (nSPS) is 16.3. The van der Waals surface area contributed by atoms with E-state index in [0.717, 1.165) is 42.9 Å². The van der Waals surface area contributed by atoms with E-state index >= 15 is 0 Å². The lowest BCUT2D eigenvalue weighted by Gasteiger charge is -2.33. The van der Waals surface area contributed by atoms with Crippen LogP contribution in [0.1, 0.15) is 32.2 Å². The van der Waals surface area contributed by atoms with Crippen molar-refractivity contribution in [2.75, 3.05) is 57.5 Å². The second-order valence-electron chi connectivity index (χ2n) is 9.72. The molecular weight excluding hydrogens is 444 g/mol. The summed E-state index contributed by atoms with van der Waals surface area (Å²) in [5.41, 5.74) is 8.20. The van der Waals surface area contributed by atoms with E-state index < -0.39 is 5.41 Å². The van der Waals surface area contributed by atoms with Crippen molar-refractivity contribution < 1.29 is 9.32 Å². The van der Waals surface area contributed by atoms with Crippen molar-refractivity contribution in [2.45, 2.75) is 26.2 Å². The van der Waals surface area contributed by atoms with Gasteiger partial charge in [0.25, 0.3) is 0 Å². The summed E-state index contributed by atoms with van der Waals surface area (Å²) < 4.78 is 5.72. The van der Waals surface area contributed by atoms with Crippen LogP contribution in [0.15, 0.2) is 41.2 Å². The number of amides is 1. The van der Waals surface area contributed by atoms with Crippen LogP contribution in [-0.4, -0.2) is 82.6 Å². The number of nitrogens with zero attached hydrogens (tertiary/aromatic N) is 7. The number of piperazine rings is 1. The number of nitrogen functional groups attached to an aromatic ring is 1. The Kier molecular flexibility index (Phi) is 7.02. The Morgan fingerprint density at radius 2 is 1.71 bits per heavy atom. The molecule has 1 fully saturated rings. The summed E-state index contributed by atoms with van der Waals surface area (Å²) >= 11 is 0. The van der Waals surface area contributed by atoms with Crippen molar-refractivity contribution in [3.05, 3.63) is 48.0 Å². The van der Waals surface area contributed by atoms with Crippen molar-refractivity contribution in [1.29, 1.82) is 0 Å². The van der Waals surface area contributed by atoms with Crippen LogP contribution in [0.5, 0.6) is 0 Å². The molecule has 1 aromatic carbocycles. The van der Waals surface area contributed by atoms with Gasteiger partial charge in [-0.25, -0.2) is 9.97 Å². The van der Waals surface area contributed by atoms with Gasteiger partial charge >= 0.3 is 6.01 Å². The van der Waals surface area contributed by atoms with Crippen LogP contribution in [0.25, 0.3) is 11.1 Å². The number of hydrogen-bond acceptors (Lipinski definition) is 9. The van der Waals surface area contributed by atoms with Gasteiger partial charge in [0.2, 0.25) is 11.9 Å². The first kappa shape index (κ1) is 24.6. The molecule has 0 radical (unpaired) electrons. The molecule has 10 heteroatoms. The molecule has 10 nitrogen and oxygen atoms in total. The van der Waals surface area contributed by atoms with Gasteiger partial charge in [-0.3, -0.25) is 9.69 Å². The van der Waals surface area contributed by atoms with Gasteiger partial charge < -0.3 is 20.1 Å². The smallest absolute Gasteiger partial charge is 0.324 e. The second-order valence-corrected chi connectivity index (χ2v) is 9.72. The molecule has 0 aliphatic carbocycles. The van der Waals surface area contributed by atoms with Crippen LogP contribution in [-0.2, 0) is 10.2 Å². The molecule has 0 bridgehead atoms. The second kappa shape index (κ2) is 9.99. The van der Waals surface area contributed by atoms with E-state index in [9.17, 15) is 4.79 Å². The zero-order valence-corrected chi connectivity index (χ0v) is 21.1. The van der Waals surface area contributed by atoms with Crippen molar-refractivity contribution in [3.8, 4) is 11.1 Å². The predicted molar refractivity (Wildman–Crippen MR) is 135 cm³/mol. The molecule has 0 saturated carbocycles. The Bertz CT molecular complexity index is 1140. The third-order valence-corrected chi connectivity index (χ3v) is 7.02. The van der Waals surface area contributed by atoms with Gasteiger partial charge in [-0.15, -0.1) is 0 Å². The van der Waals surface area contributed by atoms with Crippen LogP contribution in [0.2, 0.25) is 0 Å². The van der Waals surface area contributed by atoms with Crippen LogP contribution in [0, 0.1) is 5.92 Å². The predicted octanol–water partition coefficient (Wildman–Crippen LogP) is 2.28. The Labute approximate surface area is 206 Å².